The molecule has 0 saturated carbocycles. The molecule has 0 spiro atoms. The summed E-state index contributed by atoms with van der Waals surface area (Å²) in [4.78, 5) is 27.6. The number of fused-ring (bicyclic) bond motifs is 3. The summed E-state index contributed by atoms with van der Waals surface area (Å²) >= 11 is 0. The van der Waals surface area contributed by atoms with Crippen LogP contribution in [0.4, 0.5) is 0 Å². The van der Waals surface area contributed by atoms with Gasteiger partial charge in [0.1, 0.15) is 5.82 Å². The van der Waals surface area contributed by atoms with Gasteiger partial charge >= 0.3 is 11.5 Å². The van der Waals surface area contributed by atoms with E-state index in [-0.39, 0.29) is 17.7 Å². The summed E-state index contributed by atoms with van der Waals surface area (Å²) in [5.74, 6) is -1.32. The normalized spacial score (nSPS) is 22.6. The summed E-state index contributed by atoms with van der Waals surface area (Å²) in [5.41, 5.74) is 1.86. The van der Waals surface area contributed by atoms with Gasteiger partial charge in [-0.15, -0.1) is 0 Å². The molecule has 0 saturated heterocycles. The van der Waals surface area contributed by atoms with Crippen LogP contribution >= 0.6 is 0 Å². The van der Waals surface area contributed by atoms with Crippen molar-refractivity contribution in [2.24, 2.45) is 0 Å². The Labute approximate surface area is 107 Å². The van der Waals surface area contributed by atoms with Crippen molar-refractivity contribution in [2.45, 2.75) is 12.0 Å². The van der Waals surface area contributed by atoms with Crippen LogP contribution in [0.15, 0.2) is 29.1 Å². The summed E-state index contributed by atoms with van der Waals surface area (Å²) in [7, 11) is 1.17. The predicted octanol–water partition coefficient (Wildman–Crippen LogP) is -0.129. The minimum absolute atomic E-state index is 0.113. The summed E-state index contributed by atoms with van der Waals surface area (Å²) in [6, 6.07) is -0.113. The number of hydrogen-bond acceptors (Lipinski definition) is 6. The summed E-state index contributed by atoms with van der Waals surface area (Å²) in [6.07, 6.45) is 7.45. The van der Waals surface area contributed by atoms with Crippen molar-refractivity contribution < 1.29 is 14.6 Å². The molecule has 3 rings (SSSR count). The zero-order valence-corrected chi connectivity index (χ0v) is 10.0. The summed E-state index contributed by atoms with van der Waals surface area (Å²) in [5, 5.41) is 9.72. The molecular formula is C12H11N3O4. The average molecular weight is 261 g/mol. The molecule has 0 bridgehead atoms. The van der Waals surface area contributed by atoms with Crippen LogP contribution in [-0.2, 0) is 4.74 Å². The van der Waals surface area contributed by atoms with Gasteiger partial charge in [0.2, 0.25) is 5.75 Å². The van der Waals surface area contributed by atoms with E-state index >= 15 is 0 Å². The molecule has 0 fully saturated rings. The van der Waals surface area contributed by atoms with E-state index < -0.39 is 17.3 Å². The smallest absolute Gasteiger partial charge is 0.360 e. The molecule has 0 aromatic carbocycles. The number of rotatable bonds is 1. The Kier molecular flexibility index (Phi) is 2.41. The highest BCUT2D eigenvalue weighted by atomic mass is 16.5. The lowest BCUT2D eigenvalue weighted by Gasteiger charge is -2.12. The first-order chi connectivity index (χ1) is 9.13. The highest BCUT2D eigenvalue weighted by molar-refractivity contribution is 5.89. The molecule has 2 aliphatic rings. The quantitative estimate of drug-likeness (QED) is 0.684. The highest BCUT2D eigenvalue weighted by Crippen LogP contribution is 2.29. The van der Waals surface area contributed by atoms with E-state index in [4.69, 9.17) is 0 Å². The van der Waals surface area contributed by atoms with Crippen LogP contribution in [0.2, 0.25) is 0 Å². The van der Waals surface area contributed by atoms with Gasteiger partial charge in [0.05, 0.1) is 19.1 Å². The number of nitrogens with one attached hydrogen (secondary N) is 1. The van der Waals surface area contributed by atoms with Crippen LogP contribution in [-0.4, -0.2) is 33.9 Å². The lowest BCUT2D eigenvalue weighted by molar-refractivity contribution is 0.0589. The number of aromatic hydroxyl groups is 1. The fourth-order valence-corrected chi connectivity index (χ4v) is 2.24. The molecule has 1 aliphatic heterocycles. The summed E-state index contributed by atoms with van der Waals surface area (Å²) in [6.45, 7) is 0. The number of allylic oxidation sites excluding steroid dienone is 2. The number of hydrogen-bond donors (Lipinski definition) is 2. The van der Waals surface area contributed by atoms with Crippen molar-refractivity contribution in [3.8, 4) is 5.75 Å². The van der Waals surface area contributed by atoms with Crippen molar-refractivity contribution in [1.29, 1.82) is 0 Å². The molecule has 0 radical (unpaired) electrons. The third-order valence-corrected chi connectivity index (χ3v) is 3.18. The Balaban J connectivity index is 2.20. The maximum atomic E-state index is 12.0. The highest BCUT2D eigenvalue weighted by Gasteiger charge is 2.35. The van der Waals surface area contributed by atoms with Crippen LogP contribution in [0, 0.1) is 0 Å². The monoisotopic (exact) mass is 261 g/mol. The van der Waals surface area contributed by atoms with Crippen LogP contribution < -0.4 is 11.0 Å². The number of aromatic nitrogens is 2. The minimum Gasteiger partial charge on any atom is -0.501 e. The van der Waals surface area contributed by atoms with E-state index in [1.165, 1.54) is 7.11 Å². The maximum Gasteiger partial charge on any atom is 0.360 e. The molecule has 1 aromatic rings. The fraction of sp³-hybridized carbons (Fsp3) is 0.250. The zero-order valence-electron chi connectivity index (χ0n) is 10.0. The van der Waals surface area contributed by atoms with E-state index in [2.05, 4.69) is 15.1 Å². The largest absolute Gasteiger partial charge is 0.501 e. The molecular weight excluding hydrogens is 250 g/mol. The Morgan fingerprint density at radius 1 is 1.47 bits per heavy atom. The maximum absolute atomic E-state index is 12.0. The third-order valence-electron chi connectivity index (χ3n) is 3.18. The first-order valence-electron chi connectivity index (χ1n) is 5.69. The molecule has 2 heterocycles. The Hall–Kier alpha value is -2.57. The second-order valence-corrected chi connectivity index (χ2v) is 4.25. The molecule has 2 unspecified atom stereocenters. The molecule has 2 atom stereocenters. The first-order valence-corrected chi connectivity index (χ1v) is 5.69. The van der Waals surface area contributed by atoms with Crippen molar-refractivity contribution in [3.63, 3.8) is 0 Å². The van der Waals surface area contributed by atoms with Crippen LogP contribution in [0.25, 0.3) is 0 Å². The Morgan fingerprint density at radius 2 is 2.21 bits per heavy atom. The van der Waals surface area contributed by atoms with Gasteiger partial charge < -0.3 is 15.3 Å². The molecule has 19 heavy (non-hydrogen) atoms. The molecule has 0 amide bonds. The van der Waals surface area contributed by atoms with Gasteiger partial charge in [-0.25, -0.2) is 14.5 Å². The molecule has 2 N–H and O–H groups in total. The zero-order chi connectivity index (χ0) is 13.6. The minimum atomic E-state index is -0.836. The summed E-state index contributed by atoms with van der Waals surface area (Å²) < 4.78 is 5.67. The Bertz CT molecular complexity index is 674. The number of nitrogens with zero attached hydrogens (tertiary/aromatic N) is 2. The first kappa shape index (κ1) is 11.5. The molecule has 7 nitrogen and oxygen atoms in total. The van der Waals surface area contributed by atoms with Gasteiger partial charge in [-0.05, 0) is 0 Å². The number of esters is 1. The van der Waals surface area contributed by atoms with Crippen molar-refractivity contribution in [2.75, 3.05) is 12.5 Å². The number of carbonyl (C=O) groups excluding carboxylic acids is 1. The van der Waals surface area contributed by atoms with E-state index in [1.807, 2.05) is 24.3 Å². The molecule has 98 valence electrons. The van der Waals surface area contributed by atoms with Crippen LogP contribution in [0.3, 0.4) is 0 Å². The predicted molar refractivity (Wildman–Crippen MR) is 65.7 cm³/mol. The topological polar surface area (TPSA) is 93.5 Å². The molecule has 1 aromatic heterocycles. The fourth-order valence-electron chi connectivity index (χ4n) is 2.24. The average Bonchev–Trinajstić information content (AvgIpc) is 2.81. The van der Waals surface area contributed by atoms with E-state index in [0.717, 1.165) is 4.68 Å². The van der Waals surface area contributed by atoms with Crippen LogP contribution in [0.1, 0.15) is 22.2 Å². The van der Waals surface area contributed by atoms with Gasteiger partial charge in [0.25, 0.3) is 0 Å². The SMILES string of the molecule is COC(=O)c1nc2n(c(=O)c1O)NC1C=CC=CC21. The second kappa shape index (κ2) is 3.98. The van der Waals surface area contributed by atoms with Crippen LogP contribution in [0.5, 0.6) is 5.75 Å². The van der Waals surface area contributed by atoms with Crippen molar-refractivity contribution in [1.82, 2.24) is 9.66 Å². The van der Waals surface area contributed by atoms with Gasteiger partial charge in [-0.1, -0.05) is 24.3 Å². The second-order valence-electron chi connectivity index (χ2n) is 4.25. The third kappa shape index (κ3) is 1.55. The number of ether oxygens (including phenoxy) is 1. The van der Waals surface area contributed by atoms with Gasteiger partial charge in [0.15, 0.2) is 5.69 Å². The van der Waals surface area contributed by atoms with E-state index in [1.54, 1.807) is 0 Å². The van der Waals surface area contributed by atoms with E-state index in [0.29, 0.717) is 5.82 Å². The lowest BCUT2D eigenvalue weighted by Crippen LogP contribution is -2.31. The number of carbonyl (C=O) groups is 1. The van der Waals surface area contributed by atoms with Gasteiger partial charge in [-0.3, -0.25) is 4.79 Å². The molecule has 7 heteroatoms. The number of methoxy groups -OCH3 is 1. The van der Waals surface area contributed by atoms with E-state index in [9.17, 15) is 14.7 Å². The standard InChI is InChI=1S/C12H11N3O4/c1-19-12(18)8-9(16)11(17)15-10(13-8)6-4-2-3-5-7(6)14-15/h2-7,14,16H,1H3. The Morgan fingerprint density at radius 3 is 2.95 bits per heavy atom. The van der Waals surface area contributed by atoms with Gasteiger partial charge in [-0.2, -0.15) is 0 Å². The lowest BCUT2D eigenvalue weighted by atomic mass is 9.96. The molecule has 1 aliphatic carbocycles. The van der Waals surface area contributed by atoms with Crippen molar-refractivity contribution in [3.05, 3.63) is 46.2 Å². The van der Waals surface area contributed by atoms with Crippen molar-refractivity contribution >= 4 is 5.97 Å². The van der Waals surface area contributed by atoms with Gasteiger partial charge in [0, 0.05) is 0 Å².